The van der Waals surface area contributed by atoms with Crippen LogP contribution in [0.25, 0.3) is 10.2 Å². The second kappa shape index (κ2) is 7.62. The lowest BCUT2D eigenvalue weighted by atomic mass is 10.2. The highest BCUT2D eigenvalue weighted by atomic mass is 32.2. The third-order valence-electron chi connectivity index (χ3n) is 4.19. The first-order chi connectivity index (χ1) is 12.9. The van der Waals surface area contributed by atoms with Gasteiger partial charge in [0.2, 0.25) is 0 Å². The highest BCUT2D eigenvalue weighted by Gasteiger charge is 2.13. The van der Waals surface area contributed by atoms with Gasteiger partial charge in [0.1, 0.15) is 0 Å². The van der Waals surface area contributed by atoms with E-state index < -0.39 is 15.7 Å². The molecule has 0 spiro atoms. The third kappa shape index (κ3) is 3.94. The van der Waals surface area contributed by atoms with Crippen LogP contribution in [0, 0.1) is 6.92 Å². The summed E-state index contributed by atoms with van der Waals surface area (Å²) >= 11 is 1.44. The van der Waals surface area contributed by atoms with E-state index in [0.29, 0.717) is 16.9 Å². The van der Waals surface area contributed by atoms with Gasteiger partial charge in [0, 0.05) is 12.1 Å². The first kappa shape index (κ1) is 19.3. The van der Waals surface area contributed by atoms with Crippen LogP contribution in [-0.4, -0.2) is 24.6 Å². The fraction of sp³-hybridized carbons (Fsp3) is 0.200. The van der Waals surface area contributed by atoms with E-state index >= 15 is 0 Å². The molecule has 1 heterocycles. The second-order valence-corrected chi connectivity index (χ2v) is 9.39. The van der Waals surface area contributed by atoms with E-state index in [1.54, 1.807) is 13.0 Å². The van der Waals surface area contributed by atoms with Crippen LogP contribution < -0.4 is 4.80 Å². The van der Waals surface area contributed by atoms with Gasteiger partial charge >= 0.3 is 0 Å². The van der Waals surface area contributed by atoms with Crippen molar-refractivity contribution in [3.8, 4) is 0 Å². The Morgan fingerprint density at radius 2 is 1.93 bits per heavy atom. The minimum absolute atomic E-state index is 0.0213. The van der Waals surface area contributed by atoms with Gasteiger partial charge < -0.3 is 4.57 Å². The number of thiazole rings is 1. The van der Waals surface area contributed by atoms with Gasteiger partial charge in [-0.3, -0.25) is 4.79 Å². The lowest BCUT2D eigenvalue weighted by Crippen LogP contribution is -2.16. The molecule has 0 saturated heterocycles. The van der Waals surface area contributed by atoms with Crippen LogP contribution in [-0.2, 0) is 16.4 Å². The molecule has 0 radical (unpaired) electrons. The number of nitrogens with zero attached hydrogens (tertiary/aromatic N) is 2. The van der Waals surface area contributed by atoms with E-state index in [1.165, 1.54) is 35.6 Å². The van der Waals surface area contributed by atoms with Crippen molar-refractivity contribution in [2.75, 3.05) is 5.75 Å². The average molecular weight is 401 g/mol. The van der Waals surface area contributed by atoms with Crippen LogP contribution in [0.15, 0.2) is 65.0 Å². The molecule has 0 aliphatic rings. The van der Waals surface area contributed by atoms with Gasteiger partial charge in [0.05, 0.1) is 20.9 Å². The fourth-order valence-electron chi connectivity index (χ4n) is 2.69. The zero-order valence-electron chi connectivity index (χ0n) is 15.2. The molecule has 1 amide bonds. The smallest absolute Gasteiger partial charge is 0.279 e. The predicted octanol–water partition coefficient (Wildman–Crippen LogP) is 3.73. The largest absolute Gasteiger partial charge is 0.312 e. The maximum Gasteiger partial charge on any atom is 0.279 e. The Morgan fingerprint density at radius 1 is 1.22 bits per heavy atom. The summed E-state index contributed by atoms with van der Waals surface area (Å²) < 4.78 is 26.8. The van der Waals surface area contributed by atoms with Gasteiger partial charge in [-0.1, -0.05) is 30.4 Å². The number of allylic oxidation sites excluding steroid dienone is 1. The molecule has 0 aliphatic carbocycles. The van der Waals surface area contributed by atoms with Gasteiger partial charge in [0.25, 0.3) is 5.91 Å². The van der Waals surface area contributed by atoms with Crippen LogP contribution in [0.5, 0.6) is 0 Å². The molecule has 0 aliphatic heterocycles. The second-order valence-electron chi connectivity index (χ2n) is 6.10. The van der Waals surface area contributed by atoms with Crippen molar-refractivity contribution in [3.05, 3.63) is 71.0 Å². The Balaban J connectivity index is 2.04. The molecule has 0 bridgehead atoms. The summed E-state index contributed by atoms with van der Waals surface area (Å²) in [5.74, 6) is -0.385. The van der Waals surface area contributed by atoms with Crippen molar-refractivity contribution in [2.24, 2.45) is 4.99 Å². The van der Waals surface area contributed by atoms with Gasteiger partial charge in [-0.25, -0.2) is 8.42 Å². The number of aromatic nitrogens is 1. The Morgan fingerprint density at radius 3 is 2.56 bits per heavy atom. The molecule has 1 aromatic heterocycles. The number of amides is 1. The van der Waals surface area contributed by atoms with Crippen molar-refractivity contribution < 1.29 is 13.2 Å². The van der Waals surface area contributed by atoms with Gasteiger partial charge in [-0.05, 0) is 48.9 Å². The first-order valence-corrected chi connectivity index (χ1v) is 11.0. The standard InChI is InChI=1S/C20H20N2O3S2/c1-4-12-22-17-11-6-14(3)13-18(17)26-20(22)21-19(23)15-7-9-16(10-8-15)27(24,25)5-2/h4,6-11,13H,1,5,12H2,2-3H3. The maximum absolute atomic E-state index is 12.6. The number of carbonyl (C=O) groups excluding carboxylic acids is 1. The Kier molecular flexibility index (Phi) is 5.43. The van der Waals surface area contributed by atoms with Crippen molar-refractivity contribution >= 4 is 37.3 Å². The number of hydrogen-bond donors (Lipinski definition) is 0. The predicted molar refractivity (Wildman–Crippen MR) is 109 cm³/mol. The van der Waals surface area contributed by atoms with Crippen LogP contribution >= 0.6 is 11.3 Å². The van der Waals surface area contributed by atoms with Crippen molar-refractivity contribution in [3.63, 3.8) is 0 Å². The molecule has 2 aromatic carbocycles. The first-order valence-electron chi connectivity index (χ1n) is 8.48. The van der Waals surface area contributed by atoms with Gasteiger partial charge in [-0.2, -0.15) is 4.99 Å². The van der Waals surface area contributed by atoms with Crippen molar-refractivity contribution in [2.45, 2.75) is 25.3 Å². The molecule has 0 N–H and O–H groups in total. The van der Waals surface area contributed by atoms with E-state index in [1.807, 2.05) is 23.6 Å². The summed E-state index contributed by atoms with van der Waals surface area (Å²) in [6, 6.07) is 12.0. The molecular formula is C20H20N2O3S2. The number of aryl methyl sites for hydroxylation is 1. The molecule has 3 aromatic rings. The molecule has 0 unspecified atom stereocenters. The zero-order chi connectivity index (χ0) is 19.6. The summed E-state index contributed by atoms with van der Waals surface area (Å²) in [5.41, 5.74) is 2.49. The number of benzene rings is 2. The highest BCUT2D eigenvalue weighted by Crippen LogP contribution is 2.19. The molecule has 0 atom stereocenters. The topological polar surface area (TPSA) is 68.5 Å². The molecule has 27 heavy (non-hydrogen) atoms. The van der Waals surface area contributed by atoms with Gasteiger partial charge in [-0.15, -0.1) is 6.58 Å². The number of sulfone groups is 1. The summed E-state index contributed by atoms with van der Waals surface area (Å²) in [6.45, 7) is 7.93. The Bertz CT molecular complexity index is 1180. The van der Waals surface area contributed by atoms with Crippen LogP contribution in [0.3, 0.4) is 0 Å². The quantitative estimate of drug-likeness (QED) is 0.613. The number of carbonyl (C=O) groups is 1. The molecule has 140 valence electrons. The summed E-state index contributed by atoms with van der Waals surface area (Å²) in [6.07, 6.45) is 1.76. The average Bonchev–Trinajstić information content (AvgIpc) is 2.98. The van der Waals surface area contributed by atoms with Crippen molar-refractivity contribution in [1.29, 1.82) is 0 Å². The van der Waals surface area contributed by atoms with E-state index in [4.69, 9.17) is 0 Å². The monoisotopic (exact) mass is 400 g/mol. The molecule has 3 rings (SSSR count). The van der Waals surface area contributed by atoms with Gasteiger partial charge in [0.15, 0.2) is 14.6 Å². The summed E-state index contributed by atoms with van der Waals surface area (Å²) in [7, 11) is -3.29. The molecular weight excluding hydrogens is 380 g/mol. The lowest BCUT2D eigenvalue weighted by molar-refractivity contribution is 0.0998. The molecule has 5 nitrogen and oxygen atoms in total. The van der Waals surface area contributed by atoms with E-state index in [9.17, 15) is 13.2 Å². The molecule has 0 fully saturated rings. The number of hydrogen-bond acceptors (Lipinski definition) is 4. The van der Waals surface area contributed by atoms with E-state index in [-0.39, 0.29) is 10.6 Å². The normalized spacial score (nSPS) is 12.4. The third-order valence-corrected chi connectivity index (χ3v) is 6.98. The Labute approximate surface area is 162 Å². The van der Waals surface area contributed by atoms with Crippen LogP contribution in [0.1, 0.15) is 22.8 Å². The molecule has 7 heteroatoms. The minimum atomic E-state index is -3.29. The van der Waals surface area contributed by atoms with Crippen molar-refractivity contribution in [1.82, 2.24) is 4.57 Å². The number of rotatable bonds is 5. The fourth-order valence-corrected chi connectivity index (χ4v) is 4.71. The Hall–Kier alpha value is -2.51. The number of fused-ring (bicyclic) bond motifs is 1. The molecule has 0 saturated carbocycles. The summed E-state index contributed by atoms with van der Waals surface area (Å²) in [4.78, 5) is 17.7. The summed E-state index contributed by atoms with van der Waals surface area (Å²) in [5, 5.41) is 0. The van der Waals surface area contributed by atoms with Crippen LogP contribution in [0.4, 0.5) is 0 Å². The van der Waals surface area contributed by atoms with E-state index in [2.05, 4.69) is 17.6 Å². The zero-order valence-corrected chi connectivity index (χ0v) is 16.8. The van der Waals surface area contributed by atoms with Crippen LogP contribution in [0.2, 0.25) is 0 Å². The lowest BCUT2D eigenvalue weighted by Gasteiger charge is -2.02. The SMILES string of the molecule is C=CCn1c(=NC(=O)c2ccc(S(=O)(=O)CC)cc2)sc2cc(C)ccc21. The highest BCUT2D eigenvalue weighted by molar-refractivity contribution is 7.91. The minimum Gasteiger partial charge on any atom is -0.312 e. The van der Waals surface area contributed by atoms with E-state index in [0.717, 1.165) is 15.8 Å². The maximum atomic E-state index is 12.6.